The Morgan fingerprint density at radius 2 is 1.71 bits per heavy atom. The maximum absolute atomic E-state index is 12.6. The molecule has 2 aromatic carbocycles. The number of fused-ring (bicyclic) bond motifs is 3. The highest BCUT2D eigenvalue weighted by Crippen LogP contribution is 2.37. The molecule has 4 heterocycles. The van der Waals surface area contributed by atoms with E-state index in [1.807, 2.05) is 18.2 Å². The van der Waals surface area contributed by atoms with Crippen LogP contribution in [0.2, 0.25) is 0 Å². The number of nitrogens with one attached hydrogen (secondary N) is 1. The standard InChI is InChI=1S/C26H36N4O3S/c1-33-26-10-6-5-9-25(26)29-15-13-28(14-16-29)19-22-20-30-12-11-21(22)17-23(30)18-27-34(31,32)24-7-3-2-4-8-24/h2-10,21-23,27H,11-20H2,1H3/t21-,22-,23+/m0/s1. The molecule has 34 heavy (non-hydrogen) atoms. The lowest BCUT2D eigenvalue weighted by Gasteiger charge is -2.51. The third-order valence-corrected chi connectivity index (χ3v) is 9.31. The number of sulfonamides is 1. The van der Waals surface area contributed by atoms with E-state index in [0.717, 1.165) is 58.0 Å². The van der Waals surface area contributed by atoms with Gasteiger partial charge in [-0.05, 0) is 55.5 Å². The fourth-order valence-corrected chi connectivity index (χ4v) is 7.05. The minimum Gasteiger partial charge on any atom is -0.495 e. The van der Waals surface area contributed by atoms with Crippen LogP contribution in [-0.2, 0) is 10.0 Å². The van der Waals surface area contributed by atoms with Crippen LogP contribution >= 0.6 is 0 Å². The SMILES string of the molecule is COc1ccccc1N1CCN(C[C@H]2CN3CC[C@H]2C[C@@H]3CNS(=O)(=O)c2ccccc2)CC1. The Kier molecular flexibility index (Phi) is 7.11. The van der Waals surface area contributed by atoms with E-state index in [-0.39, 0.29) is 0 Å². The predicted octanol–water partition coefficient (Wildman–Crippen LogP) is 2.51. The van der Waals surface area contributed by atoms with Crippen LogP contribution in [0.1, 0.15) is 12.8 Å². The summed E-state index contributed by atoms with van der Waals surface area (Å²) in [6, 6.07) is 17.2. The van der Waals surface area contributed by atoms with Crippen molar-refractivity contribution in [2.75, 3.05) is 64.4 Å². The van der Waals surface area contributed by atoms with Gasteiger partial charge < -0.3 is 9.64 Å². The second kappa shape index (κ2) is 10.2. The van der Waals surface area contributed by atoms with Crippen molar-refractivity contribution in [3.63, 3.8) is 0 Å². The smallest absolute Gasteiger partial charge is 0.240 e. The topological polar surface area (TPSA) is 65.1 Å². The molecule has 0 spiro atoms. The first-order valence-electron chi connectivity index (χ1n) is 12.4. The lowest BCUT2D eigenvalue weighted by atomic mass is 9.75. The molecule has 1 N–H and O–H groups in total. The minimum absolute atomic E-state index is 0.302. The number of hydrogen-bond donors (Lipinski definition) is 1. The lowest BCUT2D eigenvalue weighted by Crippen LogP contribution is -2.59. The molecule has 4 saturated heterocycles. The van der Waals surface area contributed by atoms with E-state index in [9.17, 15) is 8.42 Å². The molecular formula is C26H36N4O3S. The van der Waals surface area contributed by atoms with E-state index >= 15 is 0 Å². The molecule has 7 nitrogen and oxygen atoms in total. The summed E-state index contributed by atoms with van der Waals surface area (Å²) in [5.74, 6) is 2.30. The lowest BCUT2D eigenvalue weighted by molar-refractivity contribution is -0.0107. The summed E-state index contributed by atoms with van der Waals surface area (Å²) in [4.78, 5) is 7.91. The molecule has 0 radical (unpaired) electrons. The zero-order chi connectivity index (χ0) is 23.5. The Balaban J connectivity index is 1.11. The fourth-order valence-electron chi connectivity index (χ4n) is 5.95. The third-order valence-electron chi connectivity index (χ3n) is 7.87. The van der Waals surface area contributed by atoms with Gasteiger partial charge in [0, 0.05) is 51.9 Å². The van der Waals surface area contributed by atoms with Gasteiger partial charge in [0.05, 0.1) is 17.7 Å². The Morgan fingerprint density at radius 3 is 2.41 bits per heavy atom. The van der Waals surface area contributed by atoms with Gasteiger partial charge in [0.1, 0.15) is 5.75 Å². The molecule has 8 heteroatoms. The number of piperidine rings is 3. The van der Waals surface area contributed by atoms with E-state index in [1.165, 1.54) is 12.1 Å². The Labute approximate surface area is 203 Å². The molecule has 4 aliphatic rings. The van der Waals surface area contributed by atoms with Crippen molar-refractivity contribution in [3.05, 3.63) is 54.6 Å². The number of nitrogens with zero attached hydrogens (tertiary/aromatic N) is 3. The molecular weight excluding hydrogens is 448 g/mol. The Morgan fingerprint density at radius 1 is 0.971 bits per heavy atom. The number of piperazine rings is 1. The van der Waals surface area contributed by atoms with Gasteiger partial charge in [-0.1, -0.05) is 30.3 Å². The second-order valence-corrected chi connectivity index (χ2v) is 11.6. The van der Waals surface area contributed by atoms with Gasteiger partial charge in [0.2, 0.25) is 10.0 Å². The van der Waals surface area contributed by atoms with E-state index in [2.05, 4.69) is 31.6 Å². The molecule has 4 atom stereocenters. The summed E-state index contributed by atoms with van der Waals surface area (Å²) < 4.78 is 33.7. The highest BCUT2D eigenvalue weighted by Gasteiger charge is 2.41. The molecule has 4 aliphatic heterocycles. The van der Waals surface area contributed by atoms with Crippen molar-refractivity contribution in [3.8, 4) is 5.75 Å². The molecule has 2 bridgehead atoms. The van der Waals surface area contributed by atoms with Gasteiger partial charge in [0.15, 0.2) is 0 Å². The molecule has 0 amide bonds. The fraction of sp³-hybridized carbons (Fsp3) is 0.538. The number of hydrogen-bond acceptors (Lipinski definition) is 6. The number of anilines is 1. The Hall–Kier alpha value is -2.13. The monoisotopic (exact) mass is 484 g/mol. The van der Waals surface area contributed by atoms with Crippen molar-refractivity contribution in [2.24, 2.45) is 11.8 Å². The summed E-state index contributed by atoms with van der Waals surface area (Å²) in [7, 11) is -1.71. The average Bonchev–Trinajstić information content (AvgIpc) is 2.89. The molecule has 6 rings (SSSR count). The number of benzene rings is 2. The first kappa shape index (κ1) is 23.6. The molecule has 2 aromatic rings. The van der Waals surface area contributed by atoms with Crippen LogP contribution in [0.3, 0.4) is 0 Å². The Bertz CT molecular complexity index is 1060. The van der Waals surface area contributed by atoms with Gasteiger partial charge in [-0.15, -0.1) is 0 Å². The van der Waals surface area contributed by atoms with Gasteiger partial charge >= 0.3 is 0 Å². The summed E-state index contributed by atoms with van der Waals surface area (Å²) in [6.45, 7) is 7.98. The summed E-state index contributed by atoms with van der Waals surface area (Å²) in [5, 5.41) is 0. The number of para-hydroxylation sites is 2. The molecule has 184 valence electrons. The van der Waals surface area contributed by atoms with Crippen LogP contribution in [0, 0.1) is 11.8 Å². The van der Waals surface area contributed by atoms with Crippen molar-refractivity contribution in [2.45, 2.75) is 23.8 Å². The van der Waals surface area contributed by atoms with Gasteiger partial charge in [0.25, 0.3) is 0 Å². The van der Waals surface area contributed by atoms with Crippen LogP contribution < -0.4 is 14.4 Å². The molecule has 0 aromatic heterocycles. The van der Waals surface area contributed by atoms with Crippen LogP contribution in [0.4, 0.5) is 5.69 Å². The normalized spacial score (nSPS) is 27.6. The maximum Gasteiger partial charge on any atom is 0.240 e. The van der Waals surface area contributed by atoms with Gasteiger partial charge in [-0.2, -0.15) is 0 Å². The highest BCUT2D eigenvalue weighted by atomic mass is 32.2. The number of rotatable bonds is 8. The van der Waals surface area contributed by atoms with Crippen LogP contribution in [-0.4, -0.2) is 83.7 Å². The zero-order valence-electron chi connectivity index (χ0n) is 20.0. The van der Waals surface area contributed by atoms with Crippen LogP contribution in [0.25, 0.3) is 0 Å². The first-order chi connectivity index (χ1) is 16.5. The van der Waals surface area contributed by atoms with Crippen LogP contribution in [0.15, 0.2) is 59.5 Å². The minimum atomic E-state index is -3.44. The van der Waals surface area contributed by atoms with Crippen LogP contribution in [0.5, 0.6) is 5.75 Å². The number of methoxy groups -OCH3 is 1. The number of ether oxygens (including phenoxy) is 1. The average molecular weight is 485 g/mol. The molecule has 0 saturated carbocycles. The first-order valence-corrected chi connectivity index (χ1v) is 13.9. The van der Waals surface area contributed by atoms with E-state index < -0.39 is 10.0 Å². The quantitative estimate of drug-likeness (QED) is 0.621. The van der Waals surface area contributed by atoms with Gasteiger partial charge in [-0.3, -0.25) is 9.80 Å². The van der Waals surface area contributed by atoms with Crippen molar-refractivity contribution < 1.29 is 13.2 Å². The predicted molar refractivity (Wildman–Crippen MR) is 135 cm³/mol. The van der Waals surface area contributed by atoms with E-state index in [0.29, 0.717) is 29.3 Å². The maximum atomic E-state index is 12.6. The largest absolute Gasteiger partial charge is 0.495 e. The summed E-state index contributed by atoms with van der Waals surface area (Å²) in [6.07, 6.45) is 2.32. The summed E-state index contributed by atoms with van der Waals surface area (Å²) in [5.41, 5.74) is 1.19. The zero-order valence-corrected chi connectivity index (χ0v) is 20.8. The summed E-state index contributed by atoms with van der Waals surface area (Å²) >= 11 is 0. The van der Waals surface area contributed by atoms with E-state index in [1.54, 1.807) is 31.4 Å². The second-order valence-electron chi connectivity index (χ2n) is 9.82. The molecule has 4 fully saturated rings. The molecule has 1 unspecified atom stereocenters. The highest BCUT2D eigenvalue weighted by molar-refractivity contribution is 7.89. The van der Waals surface area contributed by atoms with Crippen molar-refractivity contribution in [1.29, 1.82) is 0 Å². The molecule has 0 aliphatic carbocycles. The van der Waals surface area contributed by atoms with Crippen molar-refractivity contribution in [1.82, 2.24) is 14.5 Å². The van der Waals surface area contributed by atoms with E-state index in [4.69, 9.17) is 4.74 Å². The van der Waals surface area contributed by atoms with Gasteiger partial charge in [-0.25, -0.2) is 13.1 Å². The van der Waals surface area contributed by atoms with Crippen molar-refractivity contribution >= 4 is 15.7 Å². The third kappa shape index (κ3) is 5.10.